The maximum Gasteiger partial charge on any atom is 0.416 e. The van der Waals surface area contributed by atoms with Crippen molar-refractivity contribution in [2.75, 3.05) is 0 Å². The number of rotatable bonds is 3. The van der Waals surface area contributed by atoms with Gasteiger partial charge in [0.25, 0.3) is 0 Å². The molecule has 0 unspecified atom stereocenters. The Labute approximate surface area is 208 Å². The summed E-state index contributed by atoms with van der Waals surface area (Å²) in [5, 5.41) is 4.82. The second kappa shape index (κ2) is 8.16. The van der Waals surface area contributed by atoms with Crippen LogP contribution in [0.1, 0.15) is 5.56 Å². The van der Waals surface area contributed by atoms with Gasteiger partial charge in [0.2, 0.25) is 0 Å². The van der Waals surface area contributed by atoms with Gasteiger partial charge in [-0.05, 0) is 42.0 Å². The molecule has 0 bridgehead atoms. The Morgan fingerprint density at radius 2 is 1.65 bits per heavy atom. The number of fused-ring (bicyclic) bond motifs is 3. The molecule has 0 atom stereocenters. The summed E-state index contributed by atoms with van der Waals surface area (Å²) in [7, 11) is 3.41. The quantitative estimate of drug-likeness (QED) is 0.328. The second-order valence-electron chi connectivity index (χ2n) is 8.78. The third-order valence-corrected chi connectivity index (χ3v) is 6.41. The van der Waals surface area contributed by atoms with Crippen LogP contribution >= 0.6 is 0 Å². The van der Waals surface area contributed by atoms with Crippen molar-refractivity contribution in [3.63, 3.8) is 0 Å². The van der Waals surface area contributed by atoms with Gasteiger partial charge in [0, 0.05) is 43.0 Å². The normalized spacial score (nSPS) is 12.0. The van der Waals surface area contributed by atoms with E-state index in [2.05, 4.69) is 15.1 Å². The average Bonchev–Trinajstić information content (AvgIpc) is 3.44. The lowest BCUT2D eigenvalue weighted by atomic mass is 10.0. The largest absolute Gasteiger partial charge is 0.416 e. The number of aryl methyl sites for hydroxylation is 2. The van der Waals surface area contributed by atoms with Gasteiger partial charge in [0.15, 0.2) is 0 Å². The molecule has 10 heteroatoms. The van der Waals surface area contributed by atoms with Gasteiger partial charge < -0.3 is 0 Å². The molecule has 2 aromatic carbocycles. The van der Waals surface area contributed by atoms with Gasteiger partial charge in [-0.3, -0.25) is 23.8 Å². The molecular weight excluding hydrogens is 481 g/mol. The van der Waals surface area contributed by atoms with Crippen LogP contribution in [0.25, 0.3) is 50.0 Å². The monoisotopic (exact) mass is 500 g/mol. The summed E-state index contributed by atoms with van der Waals surface area (Å²) < 4.78 is 44.7. The van der Waals surface area contributed by atoms with E-state index in [4.69, 9.17) is 0 Å². The van der Waals surface area contributed by atoms with E-state index in [1.54, 1.807) is 30.3 Å². The Kier molecular flexibility index (Phi) is 5.01. The van der Waals surface area contributed by atoms with Gasteiger partial charge >= 0.3 is 11.9 Å². The molecule has 4 aromatic heterocycles. The number of halogens is 3. The van der Waals surface area contributed by atoms with Crippen molar-refractivity contribution in [2.45, 2.75) is 6.18 Å². The van der Waals surface area contributed by atoms with E-state index in [0.29, 0.717) is 21.9 Å². The first-order valence-corrected chi connectivity index (χ1v) is 11.3. The highest BCUT2D eigenvalue weighted by Crippen LogP contribution is 2.33. The fraction of sp³-hybridized carbons (Fsp3) is 0.111. The van der Waals surface area contributed by atoms with Crippen molar-refractivity contribution >= 4 is 21.9 Å². The standard InChI is InChI=1S/C27H19F3N6O/c1-34-15-18(13-33-34)22-8-7-17(12-31-22)16-6-9-23-21(10-16)25-24(14-32-23)35(2)26(37)36(25)20-5-3-4-19(11-20)27(28,29)30/h3-15H,1-2H3. The first kappa shape index (κ1) is 22.7. The zero-order chi connectivity index (χ0) is 25.9. The summed E-state index contributed by atoms with van der Waals surface area (Å²) in [5.41, 5.74) is 3.80. The summed E-state index contributed by atoms with van der Waals surface area (Å²) >= 11 is 0. The molecule has 4 heterocycles. The number of pyridine rings is 2. The zero-order valence-electron chi connectivity index (χ0n) is 19.7. The summed E-state index contributed by atoms with van der Waals surface area (Å²) in [6.45, 7) is 0. The SMILES string of the molecule is Cn1cc(-c2ccc(-c3ccc4ncc5c(c4c3)n(-c3cccc(C(F)(F)F)c3)c(=O)n5C)cn2)cn1. The Balaban J connectivity index is 1.54. The second-order valence-corrected chi connectivity index (χ2v) is 8.78. The molecule has 184 valence electrons. The third-order valence-electron chi connectivity index (χ3n) is 6.41. The van der Waals surface area contributed by atoms with Gasteiger partial charge in [-0.1, -0.05) is 18.2 Å². The molecule has 0 fully saturated rings. The minimum absolute atomic E-state index is 0.130. The predicted molar refractivity (Wildman–Crippen MR) is 134 cm³/mol. The van der Waals surface area contributed by atoms with E-state index in [0.717, 1.165) is 34.5 Å². The van der Waals surface area contributed by atoms with Crippen LogP contribution in [-0.2, 0) is 20.3 Å². The van der Waals surface area contributed by atoms with Crippen molar-refractivity contribution in [3.05, 3.63) is 95.4 Å². The fourth-order valence-corrected chi connectivity index (χ4v) is 4.53. The number of benzene rings is 2. The van der Waals surface area contributed by atoms with Crippen LogP contribution in [0.5, 0.6) is 0 Å². The van der Waals surface area contributed by atoms with E-state index >= 15 is 0 Å². The topological polar surface area (TPSA) is 70.5 Å². The fourth-order valence-electron chi connectivity index (χ4n) is 4.53. The van der Waals surface area contributed by atoms with E-state index < -0.39 is 17.4 Å². The van der Waals surface area contributed by atoms with Gasteiger partial charge in [-0.25, -0.2) is 4.79 Å². The average molecular weight is 500 g/mol. The summed E-state index contributed by atoms with van der Waals surface area (Å²) in [6, 6.07) is 14.2. The van der Waals surface area contributed by atoms with E-state index in [1.165, 1.54) is 21.3 Å². The summed E-state index contributed by atoms with van der Waals surface area (Å²) in [4.78, 5) is 22.3. The number of imidazole rings is 1. The van der Waals surface area contributed by atoms with Crippen LogP contribution in [0.3, 0.4) is 0 Å². The Bertz CT molecular complexity index is 1860. The molecular formula is C27H19F3N6O. The smallest absolute Gasteiger partial charge is 0.293 e. The zero-order valence-corrected chi connectivity index (χ0v) is 19.7. The molecule has 0 saturated carbocycles. The lowest BCUT2D eigenvalue weighted by Gasteiger charge is -2.11. The highest BCUT2D eigenvalue weighted by molar-refractivity contribution is 6.04. The van der Waals surface area contributed by atoms with Crippen LogP contribution in [0.15, 0.2) is 84.2 Å². The maximum absolute atomic E-state index is 13.4. The Morgan fingerprint density at radius 1 is 0.838 bits per heavy atom. The molecule has 37 heavy (non-hydrogen) atoms. The van der Waals surface area contributed by atoms with Crippen molar-refractivity contribution in [1.82, 2.24) is 28.9 Å². The van der Waals surface area contributed by atoms with Crippen LogP contribution in [-0.4, -0.2) is 28.9 Å². The minimum atomic E-state index is -4.53. The minimum Gasteiger partial charge on any atom is -0.293 e. The molecule has 0 aliphatic carbocycles. The van der Waals surface area contributed by atoms with E-state index in [-0.39, 0.29) is 5.69 Å². The van der Waals surface area contributed by atoms with Crippen LogP contribution in [0.4, 0.5) is 13.2 Å². The highest BCUT2D eigenvalue weighted by Gasteiger charge is 2.31. The molecule has 0 radical (unpaired) electrons. The van der Waals surface area contributed by atoms with Gasteiger partial charge in [0.1, 0.15) is 0 Å². The van der Waals surface area contributed by atoms with Crippen LogP contribution in [0.2, 0.25) is 0 Å². The summed E-state index contributed by atoms with van der Waals surface area (Å²) in [5.74, 6) is 0. The van der Waals surface area contributed by atoms with Gasteiger partial charge in [-0.2, -0.15) is 18.3 Å². The third kappa shape index (κ3) is 3.77. The highest BCUT2D eigenvalue weighted by atomic mass is 19.4. The van der Waals surface area contributed by atoms with E-state index in [1.807, 2.05) is 43.6 Å². The molecule has 0 amide bonds. The lowest BCUT2D eigenvalue weighted by molar-refractivity contribution is -0.137. The van der Waals surface area contributed by atoms with Gasteiger partial charge in [-0.15, -0.1) is 0 Å². The molecule has 6 rings (SSSR count). The molecule has 6 aromatic rings. The lowest BCUT2D eigenvalue weighted by Crippen LogP contribution is -2.21. The number of hydrogen-bond acceptors (Lipinski definition) is 4. The summed E-state index contributed by atoms with van der Waals surface area (Å²) in [6.07, 6.45) is 2.40. The Morgan fingerprint density at radius 3 is 2.35 bits per heavy atom. The molecule has 0 aliphatic heterocycles. The first-order valence-electron chi connectivity index (χ1n) is 11.3. The molecule has 0 N–H and O–H groups in total. The van der Waals surface area contributed by atoms with Crippen molar-refractivity contribution in [1.29, 1.82) is 0 Å². The van der Waals surface area contributed by atoms with Crippen molar-refractivity contribution in [2.24, 2.45) is 14.1 Å². The van der Waals surface area contributed by atoms with Crippen molar-refractivity contribution < 1.29 is 13.2 Å². The predicted octanol–water partition coefficient (Wildman–Crippen LogP) is 5.36. The molecule has 7 nitrogen and oxygen atoms in total. The van der Waals surface area contributed by atoms with Crippen molar-refractivity contribution in [3.8, 4) is 28.1 Å². The maximum atomic E-state index is 13.4. The van der Waals surface area contributed by atoms with E-state index in [9.17, 15) is 18.0 Å². The number of aromatic nitrogens is 6. The van der Waals surface area contributed by atoms with Gasteiger partial charge in [0.05, 0.1) is 45.9 Å². The molecule has 0 aliphatic rings. The number of nitrogens with zero attached hydrogens (tertiary/aromatic N) is 6. The molecule has 0 saturated heterocycles. The Hall–Kier alpha value is -4.73. The first-order chi connectivity index (χ1) is 17.7. The number of alkyl halides is 3. The number of hydrogen-bond donors (Lipinski definition) is 0. The van der Waals surface area contributed by atoms with Crippen LogP contribution in [0, 0.1) is 0 Å². The molecule has 0 spiro atoms. The van der Waals surface area contributed by atoms with Crippen LogP contribution < -0.4 is 5.69 Å².